The van der Waals surface area contributed by atoms with Crippen molar-refractivity contribution in [3.63, 3.8) is 0 Å². The van der Waals surface area contributed by atoms with E-state index in [-0.39, 0.29) is 47.3 Å². The lowest BCUT2D eigenvalue weighted by Crippen LogP contribution is -2.08. The van der Waals surface area contributed by atoms with Crippen molar-refractivity contribution in [2.45, 2.75) is 7.43 Å². The summed E-state index contributed by atoms with van der Waals surface area (Å²) in [4.78, 5) is 24.0. The zero-order valence-corrected chi connectivity index (χ0v) is 50.0. The molecule has 0 aliphatic carbocycles. The molecule has 0 radical (unpaired) electrons. The Hall–Kier alpha value is -12.6. The van der Waals surface area contributed by atoms with Crippen molar-refractivity contribution in [3.8, 4) is 112 Å². The molecular weight excluding hydrogens is 1240 g/mol. The minimum Gasteiger partial charge on any atom is -0.508 e. The monoisotopic (exact) mass is 1300 g/mol. The van der Waals surface area contributed by atoms with E-state index in [1.807, 2.05) is 164 Å². The Morgan fingerprint density at radius 1 is 0.297 bits per heavy atom. The Kier molecular flexibility index (Phi) is 25.1. The summed E-state index contributed by atoms with van der Waals surface area (Å²) in [6.07, 6.45) is 5.28. The lowest BCUT2D eigenvalue weighted by atomic mass is 10.1. The summed E-state index contributed by atoms with van der Waals surface area (Å²) in [7, 11) is 0. The standard InChI is InChI=1S/C29H18O4.C22H14O.C16H10.C13H9IO4.CH4/c30-25-16-19-28(31)27(20-25)29(32)33-26-17-14-24(15-18-26)13-12-23-10-8-22(9-11-23)7-6-21-4-2-1-3-5-21;23-22-16-14-21(15-17-22)13-12-20-10-8-19(9-11-20)7-6-18-4-2-1-3-5-18;1-2-14-8-10-16(11-9-14)13-12-15-6-4-3-5-7-15;14-8-1-4-10(5-2-8)18-13(17)11-7-9(15)3-6-12(11)16;/h1-5,8-11,14-20,30-31H;1-5,8-11,14-17,23H;1,3-11H;1-7,15-16H;1H4. The zero-order valence-electron chi connectivity index (χ0n) is 47.8. The van der Waals surface area contributed by atoms with Crippen LogP contribution in [0.1, 0.15) is 89.3 Å². The predicted molar refractivity (Wildman–Crippen MR) is 366 cm³/mol. The summed E-state index contributed by atoms with van der Waals surface area (Å²) in [5.41, 5.74) is 9.94. The second-order valence-electron chi connectivity index (χ2n) is 18.9. The molecule has 0 aliphatic heterocycles. The summed E-state index contributed by atoms with van der Waals surface area (Å²) in [5, 5.41) is 47.3. The highest BCUT2D eigenvalue weighted by molar-refractivity contribution is 14.1. The number of phenols is 5. The van der Waals surface area contributed by atoms with Crippen molar-refractivity contribution in [3.05, 3.63) is 349 Å². The number of hydrogen-bond acceptors (Lipinski definition) is 9. The first-order chi connectivity index (χ1) is 43.8. The van der Waals surface area contributed by atoms with Gasteiger partial charge >= 0.3 is 11.9 Å². The number of halogens is 1. The van der Waals surface area contributed by atoms with Gasteiger partial charge in [-0.15, -0.1) is 6.42 Å². The van der Waals surface area contributed by atoms with Gasteiger partial charge in [0.05, 0.1) is 0 Å². The van der Waals surface area contributed by atoms with Gasteiger partial charge in [-0.25, -0.2) is 9.59 Å². The van der Waals surface area contributed by atoms with Crippen LogP contribution >= 0.6 is 22.6 Å². The molecule has 0 fully saturated rings. The van der Waals surface area contributed by atoms with Crippen LogP contribution in [0.3, 0.4) is 0 Å². The Morgan fingerprint density at radius 2 is 0.527 bits per heavy atom. The molecule has 10 heteroatoms. The van der Waals surface area contributed by atoms with E-state index in [9.17, 15) is 35.1 Å². The minimum absolute atomic E-state index is 0. The van der Waals surface area contributed by atoms with Gasteiger partial charge in [-0.2, -0.15) is 0 Å². The topological polar surface area (TPSA) is 154 Å². The van der Waals surface area contributed by atoms with Crippen LogP contribution in [-0.2, 0) is 0 Å². The second-order valence-corrected chi connectivity index (χ2v) is 20.2. The summed E-state index contributed by atoms with van der Waals surface area (Å²) in [5.74, 6) is 32.3. The van der Waals surface area contributed by atoms with Crippen LogP contribution < -0.4 is 9.47 Å². The van der Waals surface area contributed by atoms with Gasteiger partial charge in [0.15, 0.2) is 0 Å². The van der Waals surface area contributed by atoms with Gasteiger partial charge in [0.2, 0.25) is 0 Å². The average molecular weight is 1300 g/mol. The highest BCUT2D eigenvalue weighted by Crippen LogP contribution is 2.26. The van der Waals surface area contributed by atoms with Gasteiger partial charge in [-0.3, -0.25) is 0 Å². The van der Waals surface area contributed by atoms with Gasteiger partial charge < -0.3 is 35.0 Å². The Morgan fingerprint density at radius 3 is 0.813 bits per heavy atom. The van der Waals surface area contributed by atoms with Gasteiger partial charge in [-0.05, 0) is 241 Å². The normalized spacial score (nSPS) is 9.36. The molecule has 11 aromatic rings. The van der Waals surface area contributed by atoms with Gasteiger partial charge in [0.1, 0.15) is 51.4 Å². The number of phenolic OH excluding ortho intramolecular Hbond substituents is 5. The molecule has 11 rings (SSSR count). The van der Waals surface area contributed by atoms with Gasteiger partial charge in [0, 0.05) is 64.8 Å². The van der Waals surface area contributed by atoms with Crippen LogP contribution in [0.15, 0.2) is 273 Å². The molecule has 440 valence electrons. The molecule has 0 heterocycles. The van der Waals surface area contributed by atoms with Crippen molar-refractivity contribution in [1.82, 2.24) is 0 Å². The zero-order chi connectivity index (χ0) is 63.3. The third kappa shape index (κ3) is 22.4. The Labute approximate surface area is 543 Å². The van der Waals surface area contributed by atoms with E-state index in [1.165, 1.54) is 24.3 Å². The molecule has 11 aromatic carbocycles. The van der Waals surface area contributed by atoms with E-state index in [4.69, 9.17) is 15.9 Å². The number of rotatable bonds is 4. The maximum absolute atomic E-state index is 12.2. The van der Waals surface area contributed by atoms with Crippen LogP contribution in [0.5, 0.6) is 40.2 Å². The summed E-state index contributed by atoms with van der Waals surface area (Å²) < 4.78 is 11.3. The molecule has 0 aromatic heterocycles. The molecule has 0 bridgehead atoms. The molecule has 9 nitrogen and oxygen atoms in total. The van der Waals surface area contributed by atoms with E-state index < -0.39 is 11.9 Å². The smallest absolute Gasteiger partial charge is 0.347 e. The van der Waals surface area contributed by atoms with Gasteiger partial charge in [-0.1, -0.05) is 127 Å². The summed E-state index contributed by atoms with van der Waals surface area (Å²) >= 11 is 2.14. The number of esters is 2. The third-order valence-electron chi connectivity index (χ3n) is 12.3. The lowest BCUT2D eigenvalue weighted by Gasteiger charge is -2.06. The van der Waals surface area contributed by atoms with E-state index in [0.717, 1.165) is 76.9 Å². The Balaban J connectivity index is 0.000000179. The van der Waals surface area contributed by atoms with Crippen LogP contribution in [0.2, 0.25) is 0 Å². The molecule has 91 heavy (non-hydrogen) atoms. The molecule has 0 atom stereocenters. The molecular formula is C81H55IO9. The number of aromatic hydroxyl groups is 5. The quantitative estimate of drug-likeness (QED) is 0.0381. The predicted octanol–water partition coefficient (Wildman–Crippen LogP) is 15.9. The summed E-state index contributed by atoms with van der Waals surface area (Å²) in [6, 6.07) is 80.6. The van der Waals surface area contributed by atoms with Crippen molar-refractivity contribution < 1.29 is 44.6 Å². The molecule has 0 spiro atoms. The van der Waals surface area contributed by atoms with E-state index in [2.05, 4.69) is 87.7 Å². The van der Waals surface area contributed by atoms with Crippen LogP contribution in [0, 0.1) is 75.1 Å². The number of benzene rings is 11. The molecule has 0 aliphatic rings. The number of carbonyl (C=O) groups excluding carboxylic acids is 2. The largest absolute Gasteiger partial charge is 0.508 e. The van der Waals surface area contributed by atoms with Crippen molar-refractivity contribution in [1.29, 1.82) is 0 Å². The number of ether oxygens (including phenoxy) is 2. The minimum atomic E-state index is -0.766. The highest BCUT2D eigenvalue weighted by Gasteiger charge is 2.16. The molecule has 0 saturated carbocycles. The maximum atomic E-state index is 12.2. The van der Waals surface area contributed by atoms with Crippen molar-refractivity contribution in [2.24, 2.45) is 0 Å². The fourth-order valence-electron chi connectivity index (χ4n) is 7.56. The average Bonchev–Trinajstić information content (AvgIpc) is 1.95. The Bertz CT molecular complexity index is 4600. The highest BCUT2D eigenvalue weighted by atomic mass is 127. The van der Waals surface area contributed by atoms with E-state index in [1.54, 1.807) is 72.8 Å². The number of hydrogen-bond donors (Lipinski definition) is 5. The van der Waals surface area contributed by atoms with Gasteiger partial charge in [0.25, 0.3) is 0 Å². The first kappa shape index (κ1) is 66.0. The molecule has 0 saturated heterocycles. The molecule has 0 unspecified atom stereocenters. The third-order valence-corrected chi connectivity index (χ3v) is 13.0. The van der Waals surface area contributed by atoms with Crippen molar-refractivity contribution in [2.75, 3.05) is 0 Å². The molecule has 0 amide bonds. The van der Waals surface area contributed by atoms with Crippen molar-refractivity contribution >= 4 is 34.5 Å². The summed E-state index contributed by atoms with van der Waals surface area (Å²) in [6.45, 7) is 0. The first-order valence-corrected chi connectivity index (χ1v) is 28.5. The number of terminal acetylenes is 1. The van der Waals surface area contributed by atoms with Crippen LogP contribution in [0.4, 0.5) is 0 Å². The SMILES string of the molecule is C.C#Cc1ccc(C#Cc2ccccc2)cc1.O=C(Oc1ccc(C#Cc2ccc(C#Cc3ccccc3)cc2)cc1)c1cc(O)ccc1O.O=C(Oc1ccc(I)cc1)c1cc(O)ccc1O.Oc1ccc(C#Cc2ccc(C#Cc3ccccc3)cc2)cc1. The fourth-order valence-corrected chi connectivity index (χ4v) is 7.92. The lowest BCUT2D eigenvalue weighted by molar-refractivity contribution is 0.0721. The number of carbonyl (C=O) groups is 2. The van der Waals surface area contributed by atoms with E-state index >= 15 is 0 Å². The van der Waals surface area contributed by atoms with Crippen LogP contribution in [0.25, 0.3) is 0 Å². The first-order valence-electron chi connectivity index (χ1n) is 27.5. The van der Waals surface area contributed by atoms with E-state index in [0.29, 0.717) is 11.5 Å². The maximum Gasteiger partial charge on any atom is 0.347 e. The fraction of sp³-hybridized carbons (Fsp3) is 0.0123. The molecule has 5 N–H and O–H groups in total. The second kappa shape index (κ2) is 34.6. The van der Waals surface area contributed by atoms with Crippen LogP contribution in [-0.4, -0.2) is 37.5 Å².